The van der Waals surface area contributed by atoms with Crippen molar-refractivity contribution >= 4 is 17.3 Å². The largest absolute Gasteiger partial charge is 0.493 e. The Morgan fingerprint density at radius 1 is 1.13 bits per heavy atom. The van der Waals surface area contributed by atoms with Crippen LogP contribution < -0.4 is 19.1 Å². The molecule has 4 rings (SSSR count). The number of para-hydroxylation sites is 2. The summed E-state index contributed by atoms with van der Waals surface area (Å²) in [7, 11) is 1.61. The number of rotatable bonds is 7. The van der Waals surface area contributed by atoms with E-state index in [4.69, 9.17) is 25.8 Å². The van der Waals surface area contributed by atoms with Crippen LogP contribution in [0.4, 0.5) is 5.69 Å². The molecule has 0 spiro atoms. The summed E-state index contributed by atoms with van der Waals surface area (Å²) in [6, 6.07) is 16.7. The van der Waals surface area contributed by atoms with Gasteiger partial charge in [-0.15, -0.1) is 0 Å². The van der Waals surface area contributed by atoms with Gasteiger partial charge in [-0.1, -0.05) is 23.7 Å². The normalized spacial score (nSPS) is 15.8. The summed E-state index contributed by atoms with van der Waals surface area (Å²) in [5.41, 5.74) is 1.75. The van der Waals surface area contributed by atoms with E-state index in [9.17, 15) is 5.11 Å². The topological polar surface area (TPSA) is 64.1 Å². The quantitative estimate of drug-likeness (QED) is 0.591. The molecule has 1 N–H and O–H groups in total. The third kappa shape index (κ3) is 4.45. The Bertz CT molecular complexity index is 1010. The third-order valence-electron chi connectivity index (χ3n) is 5.01. The minimum atomic E-state index is -0.0907. The standard InChI is InChI=1S/C23H23ClN2O4/c1-28-21-6-2-3-7-22(21)29-17-8-9-20(16(13-17)15-27)26-12-10-18(14-26)30-23-19(24)5-4-11-25-23/h2-9,11,13,18,27H,10,12,14-15H2,1H3/t18-/m0/s1. The highest BCUT2D eigenvalue weighted by molar-refractivity contribution is 6.31. The van der Waals surface area contributed by atoms with Gasteiger partial charge in [0, 0.05) is 30.4 Å². The molecule has 6 nitrogen and oxygen atoms in total. The number of ether oxygens (including phenoxy) is 3. The molecule has 1 aliphatic heterocycles. The summed E-state index contributed by atoms with van der Waals surface area (Å²) >= 11 is 6.15. The average Bonchev–Trinajstić information content (AvgIpc) is 3.24. The zero-order chi connectivity index (χ0) is 20.9. The number of benzene rings is 2. The number of aromatic nitrogens is 1. The monoisotopic (exact) mass is 426 g/mol. The van der Waals surface area contributed by atoms with E-state index in [1.54, 1.807) is 25.4 Å². The molecule has 3 aromatic rings. The molecule has 1 saturated heterocycles. The Labute approximate surface area is 180 Å². The molecule has 2 aromatic carbocycles. The number of methoxy groups -OCH3 is 1. The Morgan fingerprint density at radius 3 is 2.73 bits per heavy atom. The molecule has 0 bridgehead atoms. The van der Waals surface area contributed by atoms with E-state index in [1.807, 2.05) is 42.5 Å². The highest BCUT2D eigenvalue weighted by atomic mass is 35.5. The maximum absolute atomic E-state index is 9.94. The van der Waals surface area contributed by atoms with Crippen molar-refractivity contribution in [3.05, 3.63) is 71.4 Å². The first-order valence-electron chi connectivity index (χ1n) is 9.74. The molecule has 1 aliphatic rings. The van der Waals surface area contributed by atoms with Crippen LogP contribution in [-0.2, 0) is 6.61 Å². The first-order valence-corrected chi connectivity index (χ1v) is 10.1. The second kappa shape index (κ2) is 9.24. The smallest absolute Gasteiger partial charge is 0.232 e. The summed E-state index contributed by atoms with van der Waals surface area (Å²) in [4.78, 5) is 6.39. The molecule has 0 amide bonds. The molecule has 0 radical (unpaired) electrons. The van der Waals surface area contributed by atoms with Crippen molar-refractivity contribution in [1.82, 2.24) is 4.98 Å². The lowest BCUT2D eigenvalue weighted by molar-refractivity contribution is 0.216. The van der Waals surface area contributed by atoms with Crippen LogP contribution in [0, 0.1) is 0 Å². The summed E-state index contributed by atoms with van der Waals surface area (Å²) in [5.74, 6) is 2.37. The maximum atomic E-state index is 9.94. The number of aliphatic hydroxyl groups excluding tert-OH is 1. The number of anilines is 1. The summed E-state index contributed by atoms with van der Waals surface area (Å²) in [6.45, 7) is 1.41. The fraction of sp³-hybridized carbons (Fsp3) is 0.261. The molecule has 7 heteroatoms. The van der Waals surface area contributed by atoms with Crippen molar-refractivity contribution in [1.29, 1.82) is 0 Å². The molecule has 1 atom stereocenters. The average molecular weight is 427 g/mol. The molecule has 1 fully saturated rings. The van der Waals surface area contributed by atoms with E-state index < -0.39 is 0 Å². The molecule has 30 heavy (non-hydrogen) atoms. The van der Waals surface area contributed by atoms with Crippen LogP contribution in [0.3, 0.4) is 0 Å². The van der Waals surface area contributed by atoms with Gasteiger partial charge in [-0.05, 0) is 42.5 Å². The second-order valence-electron chi connectivity index (χ2n) is 6.97. The van der Waals surface area contributed by atoms with Gasteiger partial charge < -0.3 is 24.2 Å². The van der Waals surface area contributed by atoms with Crippen molar-refractivity contribution in [3.63, 3.8) is 0 Å². The van der Waals surface area contributed by atoms with Gasteiger partial charge in [0.25, 0.3) is 0 Å². The first kappa shape index (κ1) is 20.3. The maximum Gasteiger partial charge on any atom is 0.232 e. The summed E-state index contributed by atoms with van der Waals surface area (Å²) < 4.78 is 17.3. The van der Waals surface area contributed by atoms with E-state index in [2.05, 4.69) is 9.88 Å². The van der Waals surface area contributed by atoms with Crippen molar-refractivity contribution in [3.8, 4) is 23.1 Å². The fourth-order valence-electron chi connectivity index (χ4n) is 3.55. The lowest BCUT2D eigenvalue weighted by Gasteiger charge is -2.22. The van der Waals surface area contributed by atoms with Gasteiger partial charge in [0.05, 0.1) is 20.3 Å². The molecule has 156 valence electrons. The van der Waals surface area contributed by atoms with E-state index in [1.165, 1.54) is 0 Å². The van der Waals surface area contributed by atoms with Crippen LogP contribution in [0.5, 0.6) is 23.1 Å². The number of hydrogen-bond acceptors (Lipinski definition) is 6. The SMILES string of the molecule is COc1ccccc1Oc1ccc(N2CC[C@H](Oc3ncccc3Cl)C2)c(CO)c1. The van der Waals surface area contributed by atoms with Crippen molar-refractivity contribution in [2.24, 2.45) is 0 Å². The van der Waals surface area contributed by atoms with Crippen LogP contribution in [0.15, 0.2) is 60.8 Å². The van der Waals surface area contributed by atoms with Gasteiger partial charge in [0.15, 0.2) is 11.5 Å². The number of halogens is 1. The predicted octanol–water partition coefficient (Wildman–Crippen LogP) is 4.69. The Kier molecular flexibility index (Phi) is 6.26. The lowest BCUT2D eigenvalue weighted by atomic mass is 10.1. The first-order chi connectivity index (χ1) is 14.7. The van der Waals surface area contributed by atoms with Gasteiger partial charge in [-0.25, -0.2) is 4.98 Å². The molecule has 1 aromatic heterocycles. The molecule has 0 aliphatic carbocycles. The van der Waals surface area contributed by atoms with Crippen LogP contribution in [0.25, 0.3) is 0 Å². The van der Waals surface area contributed by atoms with Crippen LogP contribution in [-0.4, -0.2) is 36.4 Å². The highest BCUT2D eigenvalue weighted by Gasteiger charge is 2.26. The van der Waals surface area contributed by atoms with Crippen LogP contribution >= 0.6 is 11.6 Å². The van der Waals surface area contributed by atoms with Crippen molar-refractivity contribution < 1.29 is 19.3 Å². The summed E-state index contributed by atoms with van der Waals surface area (Å²) in [5, 5.41) is 10.4. The fourth-order valence-corrected chi connectivity index (χ4v) is 3.72. The minimum absolute atomic E-state index is 0.0200. The molecule has 2 heterocycles. The molecule has 0 unspecified atom stereocenters. The predicted molar refractivity (Wildman–Crippen MR) is 116 cm³/mol. The van der Waals surface area contributed by atoms with Gasteiger partial charge in [0.2, 0.25) is 5.88 Å². The summed E-state index contributed by atoms with van der Waals surface area (Å²) in [6.07, 6.45) is 2.49. The van der Waals surface area contributed by atoms with Crippen molar-refractivity contribution in [2.45, 2.75) is 19.1 Å². The van der Waals surface area contributed by atoms with Crippen LogP contribution in [0.1, 0.15) is 12.0 Å². The Balaban J connectivity index is 1.47. The second-order valence-corrected chi connectivity index (χ2v) is 7.37. The van der Waals surface area contributed by atoms with E-state index in [-0.39, 0.29) is 12.7 Å². The zero-order valence-electron chi connectivity index (χ0n) is 16.6. The molecular weight excluding hydrogens is 404 g/mol. The van der Waals surface area contributed by atoms with E-state index in [0.717, 1.165) is 24.2 Å². The molecular formula is C23H23ClN2O4. The van der Waals surface area contributed by atoms with E-state index in [0.29, 0.717) is 34.7 Å². The lowest BCUT2D eigenvalue weighted by Crippen LogP contribution is -2.25. The van der Waals surface area contributed by atoms with Crippen molar-refractivity contribution in [2.75, 3.05) is 25.1 Å². The third-order valence-corrected chi connectivity index (χ3v) is 5.29. The van der Waals surface area contributed by atoms with Gasteiger partial charge in [0.1, 0.15) is 16.9 Å². The number of aliphatic hydroxyl groups is 1. The zero-order valence-corrected chi connectivity index (χ0v) is 17.4. The van der Waals surface area contributed by atoms with Gasteiger partial charge in [-0.2, -0.15) is 0 Å². The highest BCUT2D eigenvalue weighted by Crippen LogP contribution is 2.35. The number of nitrogens with zero attached hydrogens (tertiary/aromatic N) is 2. The number of hydrogen-bond donors (Lipinski definition) is 1. The molecule has 0 saturated carbocycles. The van der Waals surface area contributed by atoms with E-state index >= 15 is 0 Å². The number of pyridine rings is 1. The Hall–Kier alpha value is -2.96. The van der Waals surface area contributed by atoms with Gasteiger partial charge >= 0.3 is 0 Å². The Morgan fingerprint density at radius 2 is 1.97 bits per heavy atom. The van der Waals surface area contributed by atoms with Crippen LogP contribution in [0.2, 0.25) is 5.02 Å². The minimum Gasteiger partial charge on any atom is -0.493 e. The van der Waals surface area contributed by atoms with Gasteiger partial charge in [-0.3, -0.25) is 0 Å².